The van der Waals surface area contributed by atoms with Crippen LogP contribution >= 0.6 is 11.8 Å². The maximum absolute atomic E-state index is 15.8. The Labute approximate surface area is 780 Å². The molecule has 19 N–H and O–H groups in total. The number of carboxylic acids is 1. The predicted molar refractivity (Wildman–Crippen MR) is 493 cm³/mol. The highest BCUT2D eigenvalue weighted by Crippen LogP contribution is 2.30. The minimum Gasteiger partial charge on any atom is -0.508 e. The number of para-hydroxylation sites is 2. The fourth-order valence-corrected chi connectivity index (χ4v) is 18.2. The van der Waals surface area contributed by atoms with Gasteiger partial charge in [-0.1, -0.05) is 82.1 Å². The molecule has 726 valence electrons. The van der Waals surface area contributed by atoms with E-state index in [9.17, 15) is 63.3 Å². The van der Waals surface area contributed by atoms with Gasteiger partial charge in [0.15, 0.2) is 11.6 Å². The molecule has 41 heteroatoms. The van der Waals surface area contributed by atoms with E-state index in [1.54, 1.807) is 74.8 Å². The molecule has 0 bridgehead atoms. The van der Waals surface area contributed by atoms with Crippen LogP contribution in [0.4, 0.5) is 0 Å². The first kappa shape index (κ1) is 105. The average Bonchev–Trinajstić information content (AvgIpc) is 1.62. The Morgan fingerprint density at radius 3 is 1.77 bits per heavy atom. The van der Waals surface area contributed by atoms with Crippen LogP contribution in [0.1, 0.15) is 160 Å². The van der Waals surface area contributed by atoms with Gasteiger partial charge in [-0.15, -0.1) is 0 Å². The number of aliphatic hydroxyl groups is 1. The number of thioether (sulfide) groups is 1. The SMILES string of the molecule is CCCC[C@H]1C(=O)N[C@@H](CC(C)C)C(=O)C[C@H](C(=O)CCC(C)=O)CSCC(=O)N[C@@H](Cc2ccc(O)cc2)C(=O)N(C)[C@@H](C)C(=O)C[C@@H](CC(N)=O)C(=O)N2CCC[C@H]2C(=O)N[C@@H](Cc2cnc[nH]2)C(=O)N[C@@H](CCC(=O)O)C(=O)N2C[C@H](O)C[C@H]2C(=O)N[C@@H](Cc2c[nH]c3ccccc23)C(=O)N[C@@H](CCN)C(=O)N[C@@H](Cc2c[nH]c3ccccc23)C(=O)N(CCN)[C@@H](C)C(=O)N1C. The minimum absolute atomic E-state index is 0.0338. The molecule has 3 aliphatic rings. The second-order valence-corrected chi connectivity index (χ2v) is 36.3. The number of phenolic OH excluding ortho intramolecular Hbond substituents is 1. The van der Waals surface area contributed by atoms with Gasteiger partial charge in [-0.2, -0.15) is 11.8 Å². The van der Waals surface area contributed by atoms with Crippen molar-refractivity contribution in [1.29, 1.82) is 0 Å². The summed E-state index contributed by atoms with van der Waals surface area (Å²) in [5.41, 5.74) is 21.3. The highest BCUT2D eigenvalue weighted by molar-refractivity contribution is 7.99. The van der Waals surface area contributed by atoms with E-state index in [2.05, 4.69) is 57.2 Å². The summed E-state index contributed by atoms with van der Waals surface area (Å²) in [6, 6.07) is 1.54. The van der Waals surface area contributed by atoms with Crippen LogP contribution in [0.3, 0.4) is 0 Å². The van der Waals surface area contributed by atoms with Crippen LogP contribution in [0.25, 0.3) is 21.8 Å². The number of aliphatic carboxylic acids is 1. The Morgan fingerprint density at radius 2 is 1.17 bits per heavy atom. The molecule has 0 aliphatic carbocycles. The largest absolute Gasteiger partial charge is 0.508 e. The van der Waals surface area contributed by atoms with Gasteiger partial charge in [-0.05, 0) is 113 Å². The van der Waals surface area contributed by atoms with Crippen molar-refractivity contribution in [3.8, 4) is 5.75 Å². The van der Waals surface area contributed by atoms with E-state index in [1.807, 2.05) is 6.92 Å². The van der Waals surface area contributed by atoms with Crippen LogP contribution in [0.2, 0.25) is 0 Å². The van der Waals surface area contributed by atoms with E-state index in [0.29, 0.717) is 51.3 Å². The molecule has 3 saturated heterocycles. The number of hydrogen-bond acceptors (Lipinski definition) is 24. The van der Waals surface area contributed by atoms with Crippen molar-refractivity contribution >= 4 is 139 Å². The highest BCUT2D eigenvalue weighted by Gasteiger charge is 2.47. The number of rotatable bonds is 26. The summed E-state index contributed by atoms with van der Waals surface area (Å²) in [7, 11) is 2.63. The van der Waals surface area contributed by atoms with Gasteiger partial charge >= 0.3 is 5.97 Å². The number of carboxylic acid groups (broad SMARTS) is 1. The van der Waals surface area contributed by atoms with Gasteiger partial charge < -0.3 is 114 Å². The van der Waals surface area contributed by atoms with Crippen molar-refractivity contribution in [2.75, 3.05) is 58.3 Å². The number of aromatic nitrogens is 4. The number of primary amides is 1. The molecule has 6 aromatic rings. The zero-order valence-electron chi connectivity index (χ0n) is 76.9. The van der Waals surface area contributed by atoms with Crippen LogP contribution in [0, 0.1) is 17.8 Å². The van der Waals surface area contributed by atoms with Crippen molar-refractivity contribution in [3.63, 3.8) is 0 Å². The van der Waals surface area contributed by atoms with Crippen molar-refractivity contribution in [2.24, 2.45) is 35.0 Å². The lowest BCUT2D eigenvalue weighted by Gasteiger charge is -2.36. The summed E-state index contributed by atoms with van der Waals surface area (Å²) in [6.07, 6.45) is -0.251. The molecule has 0 radical (unpaired) electrons. The number of aromatic hydroxyl groups is 1. The molecular formula is C93H127N19O21S. The number of hydrogen-bond donors (Lipinski definition) is 16. The number of aliphatic hydroxyl groups excluding tert-OH is 1. The van der Waals surface area contributed by atoms with Gasteiger partial charge in [0.2, 0.25) is 76.8 Å². The molecule has 6 heterocycles. The normalized spacial score (nSPS) is 25.0. The molecule has 0 saturated carbocycles. The number of phenols is 1. The van der Waals surface area contributed by atoms with Gasteiger partial charge in [-0.3, -0.25) is 81.5 Å². The lowest BCUT2D eigenvalue weighted by molar-refractivity contribution is -0.149. The number of carbonyl (C=O) groups excluding carboxylic acids is 17. The smallest absolute Gasteiger partial charge is 0.303 e. The Hall–Kier alpha value is -12.8. The van der Waals surface area contributed by atoms with Crippen LogP contribution in [0.15, 0.2) is 97.7 Å². The van der Waals surface area contributed by atoms with Gasteiger partial charge in [-0.25, -0.2) is 4.98 Å². The number of nitrogens with one attached hydrogen (secondary N) is 10. The number of Topliss-reactive ketones (excluding diaryl/α,β-unsaturated/α-hetero) is 4. The number of ketones is 4. The molecule has 3 fully saturated rings. The number of aromatic amines is 3. The summed E-state index contributed by atoms with van der Waals surface area (Å²) in [5, 5.41) is 52.2. The number of fused-ring (bicyclic) bond motifs is 4. The number of unbranched alkanes of at least 4 members (excludes halogenated alkanes) is 1. The third-order valence-corrected chi connectivity index (χ3v) is 25.9. The third-order valence-electron chi connectivity index (χ3n) is 24.8. The number of H-pyrrole nitrogens is 3. The molecule has 13 amide bonds. The fourth-order valence-electron chi connectivity index (χ4n) is 17.3. The molecule has 134 heavy (non-hydrogen) atoms. The van der Waals surface area contributed by atoms with E-state index in [-0.39, 0.29) is 126 Å². The van der Waals surface area contributed by atoms with Crippen LogP contribution in [0.5, 0.6) is 5.75 Å². The number of nitrogens with zero attached hydrogens (tertiary/aromatic N) is 6. The first-order valence-corrected chi connectivity index (χ1v) is 46.6. The summed E-state index contributed by atoms with van der Waals surface area (Å²) in [5.74, 6) is -19.3. The van der Waals surface area contributed by atoms with Crippen LogP contribution in [-0.4, -0.2) is 303 Å². The summed E-state index contributed by atoms with van der Waals surface area (Å²) in [6.45, 7) is 8.03. The predicted octanol–water partition coefficient (Wildman–Crippen LogP) is 0.706. The fraction of sp³-hybridized carbons (Fsp3) is 0.538. The Morgan fingerprint density at radius 1 is 0.582 bits per heavy atom. The molecule has 3 aromatic carbocycles. The number of amides is 13. The monoisotopic (exact) mass is 1880 g/mol. The Kier molecular flexibility index (Phi) is 39.0. The third kappa shape index (κ3) is 28.9. The maximum atomic E-state index is 15.8. The first-order valence-electron chi connectivity index (χ1n) is 45.4. The number of imidazole rings is 1. The van der Waals surface area contributed by atoms with Crippen molar-refractivity contribution in [2.45, 2.75) is 242 Å². The number of nitrogens with two attached hydrogens (primary N) is 3. The number of carbonyl (C=O) groups is 18. The maximum Gasteiger partial charge on any atom is 0.303 e. The summed E-state index contributed by atoms with van der Waals surface area (Å²) < 4.78 is 0. The number of likely N-dealkylation sites (N-methyl/N-ethyl adjacent to an activating group) is 2. The molecule has 15 atom stereocenters. The molecular weight excluding hydrogens is 1750 g/mol. The van der Waals surface area contributed by atoms with E-state index < -0.39 is 241 Å². The second-order valence-electron chi connectivity index (χ2n) is 35.3. The van der Waals surface area contributed by atoms with E-state index >= 15 is 38.4 Å². The Bertz CT molecular complexity index is 5200. The zero-order valence-corrected chi connectivity index (χ0v) is 77.7. The molecule has 3 aromatic heterocycles. The molecule has 0 spiro atoms. The average molecular weight is 1880 g/mol. The van der Waals surface area contributed by atoms with Gasteiger partial charge in [0.1, 0.15) is 77.7 Å². The highest BCUT2D eigenvalue weighted by atomic mass is 32.2. The standard InChI is InChI=1S/C93H127N19O21S/c1-9-10-20-74-86(126)104-69(35-51(2)3)79(118)40-59(77(116)28-22-52(4)113)48-134-49-81(120)101-72(36-55-23-25-61(114)26-24-55)91(131)108(7)53(5)78(117)39-56(41-80(96)119)90(130)111-33-15-21-75(111)87(127)106-71(42-60-46-97-50-100-60)85(125)103-68(27-29-82(121)122)92(132)112-47-62(115)43-76(112)88(128)105-70(37-57-44-98-65-18-13-11-16-63(57)65)84(124)102-67(30-31-94)83(123)107-73(38-58-45-99-66-19-14-12-17-64(58)66)93(133)110(34-32-95)54(6)89(129)109(74)8/h11-14,16-19,23-26,44-46,50-51,53-54,56,59,62,67-76,98-99,114-115H,9-10,15,20-22,27-43,47-49,94-95H2,1-8H3,(H2,96,119)(H,97,100)(H,101,120)(H,102,124)(H,103,125)(H,104,126)(H,105,128)(H,106,127)(H,107,123)(H,121,122)/t53-,54-,56-,59-,62+,67-,68-,69-,70-,71-,72-,73-,74-,75-,76-/m0/s1. The lowest BCUT2D eigenvalue weighted by atomic mass is 9.90. The topological polar surface area (TPSA) is 607 Å². The van der Waals surface area contributed by atoms with Crippen molar-refractivity contribution < 1.29 is 102 Å². The summed E-state index contributed by atoms with van der Waals surface area (Å²) in [4.78, 5) is 282. The number of benzene rings is 3. The second kappa shape index (κ2) is 49.8. The molecule has 40 nitrogen and oxygen atoms in total. The van der Waals surface area contributed by atoms with Gasteiger partial charge in [0.25, 0.3) is 0 Å². The quantitative estimate of drug-likeness (QED) is 0.0355. The molecule has 9 rings (SSSR count). The van der Waals surface area contributed by atoms with E-state index in [0.717, 1.165) is 36.3 Å². The molecule has 0 unspecified atom stereocenters. The van der Waals surface area contributed by atoms with Gasteiger partial charge in [0.05, 0.1) is 36.2 Å². The van der Waals surface area contributed by atoms with E-state index in [1.165, 1.54) is 71.7 Å². The van der Waals surface area contributed by atoms with Crippen LogP contribution < -0.4 is 54.4 Å². The Balaban J connectivity index is 1.10. The van der Waals surface area contributed by atoms with Crippen molar-refractivity contribution in [3.05, 3.63) is 120 Å². The summed E-state index contributed by atoms with van der Waals surface area (Å²) >= 11 is 0.921. The first-order chi connectivity index (χ1) is 63.8. The zero-order chi connectivity index (χ0) is 97.9. The lowest BCUT2D eigenvalue weighted by Crippen LogP contribution is -2.61. The van der Waals surface area contributed by atoms with Gasteiger partial charge in [0, 0.05) is 169 Å². The van der Waals surface area contributed by atoms with E-state index in [4.69, 9.17) is 17.2 Å². The van der Waals surface area contributed by atoms with Crippen LogP contribution in [-0.2, 0) is 112 Å². The molecule has 3 aliphatic heterocycles. The minimum atomic E-state index is -1.83. The van der Waals surface area contributed by atoms with Crippen molar-refractivity contribution in [1.82, 2.24) is 81.7 Å².